The molecule has 150 valence electrons. The van der Waals surface area contributed by atoms with Crippen LogP contribution in [0.5, 0.6) is 0 Å². The van der Waals surface area contributed by atoms with E-state index in [4.69, 9.17) is 4.74 Å². The average Bonchev–Trinajstić information content (AvgIpc) is 2.97. The first kappa shape index (κ1) is 20.1. The highest BCUT2D eigenvalue weighted by Crippen LogP contribution is 2.23. The van der Waals surface area contributed by atoms with E-state index in [2.05, 4.69) is 46.0 Å². The first-order valence-electron chi connectivity index (χ1n) is 9.84. The number of anilines is 1. The summed E-state index contributed by atoms with van der Waals surface area (Å²) in [6.45, 7) is 11.5. The number of ketones is 1. The number of aryl methyl sites for hydroxylation is 3. The van der Waals surface area contributed by atoms with Crippen molar-refractivity contribution in [2.24, 2.45) is 0 Å². The summed E-state index contributed by atoms with van der Waals surface area (Å²) in [6, 6.07) is 8.38. The van der Waals surface area contributed by atoms with E-state index >= 15 is 0 Å². The van der Waals surface area contributed by atoms with Gasteiger partial charge in [0.05, 0.1) is 24.3 Å². The van der Waals surface area contributed by atoms with Gasteiger partial charge in [0.2, 0.25) is 0 Å². The van der Waals surface area contributed by atoms with Gasteiger partial charge in [0.1, 0.15) is 0 Å². The molecule has 0 unspecified atom stereocenters. The number of ether oxygens (including phenoxy) is 1. The lowest BCUT2D eigenvalue weighted by atomic mass is 10.0. The minimum Gasteiger partial charge on any atom is -0.462 e. The van der Waals surface area contributed by atoms with Crippen LogP contribution in [0.15, 0.2) is 24.3 Å². The van der Waals surface area contributed by atoms with E-state index in [9.17, 15) is 9.59 Å². The van der Waals surface area contributed by atoms with Gasteiger partial charge in [0.15, 0.2) is 5.78 Å². The fourth-order valence-electron chi connectivity index (χ4n) is 3.94. The maximum atomic E-state index is 13.0. The Morgan fingerprint density at radius 3 is 2.29 bits per heavy atom. The highest BCUT2D eigenvalue weighted by Gasteiger charge is 2.27. The van der Waals surface area contributed by atoms with Gasteiger partial charge in [-0.15, -0.1) is 0 Å². The molecule has 0 radical (unpaired) electrons. The monoisotopic (exact) mass is 383 g/mol. The van der Waals surface area contributed by atoms with Gasteiger partial charge in [-0.1, -0.05) is 18.2 Å². The molecule has 1 aliphatic heterocycles. The van der Waals surface area contributed by atoms with Crippen LogP contribution >= 0.6 is 0 Å². The molecule has 2 aromatic rings. The molecule has 3 rings (SSSR count). The first-order valence-corrected chi connectivity index (χ1v) is 9.84. The second kappa shape index (κ2) is 8.61. The summed E-state index contributed by atoms with van der Waals surface area (Å²) < 4.78 is 5.15. The molecule has 1 aromatic heterocycles. The second-order valence-corrected chi connectivity index (χ2v) is 7.32. The highest BCUT2D eigenvalue weighted by atomic mass is 16.5. The molecule has 0 bridgehead atoms. The number of para-hydroxylation sites is 1. The lowest BCUT2D eigenvalue weighted by molar-refractivity contribution is 0.0522. The van der Waals surface area contributed by atoms with Gasteiger partial charge in [-0.2, -0.15) is 0 Å². The number of aromatic nitrogens is 1. The van der Waals surface area contributed by atoms with E-state index in [1.165, 1.54) is 11.3 Å². The Labute approximate surface area is 166 Å². The topological polar surface area (TPSA) is 65.6 Å². The van der Waals surface area contributed by atoms with Crippen molar-refractivity contribution in [2.45, 2.75) is 27.7 Å². The highest BCUT2D eigenvalue weighted by molar-refractivity contribution is 6.09. The summed E-state index contributed by atoms with van der Waals surface area (Å²) in [5.74, 6) is -0.466. The minimum absolute atomic E-state index is 0.0331. The Morgan fingerprint density at radius 2 is 1.64 bits per heavy atom. The van der Waals surface area contributed by atoms with Crippen molar-refractivity contribution in [3.05, 3.63) is 52.3 Å². The predicted octanol–water partition coefficient (Wildman–Crippen LogP) is 3.12. The van der Waals surface area contributed by atoms with E-state index in [0.29, 0.717) is 23.4 Å². The summed E-state index contributed by atoms with van der Waals surface area (Å²) >= 11 is 0. The molecule has 0 spiro atoms. The Kier molecular flexibility index (Phi) is 6.19. The molecule has 0 amide bonds. The van der Waals surface area contributed by atoms with E-state index in [1.54, 1.807) is 13.8 Å². The maximum absolute atomic E-state index is 13.0. The summed E-state index contributed by atoms with van der Waals surface area (Å²) in [5, 5.41) is 0. The quantitative estimate of drug-likeness (QED) is 0.613. The molecule has 6 heteroatoms. The molecule has 1 fully saturated rings. The van der Waals surface area contributed by atoms with Gasteiger partial charge in [-0.05, 0) is 39.3 Å². The minimum atomic E-state index is -0.433. The number of esters is 1. The van der Waals surface area contributed by atoms with Gasteiger partial charge in [0.25, 0.3) is 0 Å². The van der Waals surface area contributed by atoms with Crippen LogP contribution in [-0.2, 0) is 4.74 Å². The van der Waals surface area contributed by atoms with Crippen molar-refractivity contribution in [1.29, 1.82) is 0 Å². The Balaban J connectivity index is 1.67. The van der Waals surface area contributed by atoms with Crippen LogP contribution in [0.1, 0.15) is 44.6 Å². The number of benzene rings is 1. The molecular formula is C22H29N3O3. The smallest absolute Gasteiger partial charge is 0.340 e. The van der Waals surface area contributed by atoms with E-state index in [0.717, 1.165) is 31.9 Å². The normalized spacial score (nSPS) is 14.9. The summed E-state index contributed by atoms with van der Waals surface area (Å²) in [5.41, 5.74) is 4.78. The number of hydrogen-bond donors (Lipinski definition) is 1. The van der Waals surface area contributed by atoms with Crippen molar-refractivity contribution >= 4 is 17.4 Å². The molecule has 0 aliphatic carbocycles. The van der Waals surface area contributed by atoms with Crippen LogP contribution < -0.4 is 4.90 Å². The number of carbonyl (C=O) groups is 2. The first-order chi connectivity index (χ1) is 13.4. The van der Waals surface area contributed by atoms with Gasteiger partial charge in [-0.25, -0.2) is 4.79 Å². The SMILES string of the molecule is CCOC(=O)c1c(C)[nH]c(C)c1C(=O)CN1CCN(c2ccccc2C)CC1. The summed E-state index contributed by atoms with van der Waals surface area (Å²) in [7, 11) is 0. The van der Waals surface area contributed by atoms with Crippen molar-refractivity contribution in [1.82, 2.24) is 9.88 Å². The largest absolute Gasteiger partial charge is 0.462 e. The molecule has 2 heterocycles. The number of H-pyrrole nitrogens is 1. The number of nitrogens with zero attached hydrogens (tertiary/aromatic N) is 2. The lowest BCUT2D eigenvalue weighted by Crippen LogP contribution is -2.48. The molecule has 0 saturated carbocycles. The number of rotatable bonds is 6. The number of aromatic amines is 1. The van der Waals surface area contributed by atoms with Gasteiger partial charge >= 0.3 is 5.97 Å². The molecule has 1 aliphatic rings. The molecule has 6 nitrogen and oxygen atoms in total. The Morgan fingerprint density at radius 1 is 1.00 bits per heavy atom. The number of nitrogens with one attached hydrogen (secondary N) is 1. The van der Waals surface area contributed by atoms with Crippen LogP contribution in [0.25, 0.3) is 0 Å². The third-order valence-electron chi connectivity index (χ3n) is 5.33. The molecule has 28 heavy (non-hydrogen) atoms. The zero-order chi connectivity index (χ0) is 20.3. The Bertz CT molecular complexity index is 864. The molecule has 1 aromatic carbocycles. The number of carbonyl (C=O) groups excluding carboxylic acids is 2. The fourth-order valence-corrected chi connectivity index (χ4v) is 3.94. The van der Waals surface area contributed by atoms with Crippen molar-refractivity contribution in [3.63, 3.8) is 0 Å². The van der Waals surface area contributed by atoms with Crippen LogP contribution in [0.2, 0.25) is 0 Å². The average molecular weight is 383 g/mol. The van der Waals surface area contributed by atoms with Crippen molar-refractivity contribution in [3.8, 4) is 0 Å². The molecule has 1 N–H and O–H groups in total. The maximum Gasteiger partial charge on any atom is 0.340 e. The van der Waals surface area contributed by atoms with Gasteiger partial charge in [0, 0.05) is 43.3 Å². The van der Waals surface area contributed by atoms with Crippen molar-refractivity contribution < 1.29 is 14.3 Å². The van der Waals surface area contributed by atoms with E-state index in [-0.39, 0.29) is 12.4 Å². The van der Waals surface area contributed by atoms with E-state index < -0.39 is 5.97 Å². The van der Waals surface area contributed by atoms with Crippen LogP contribution in [-0.4, -0.2) is 61.0 Å². The van der Waals surface area contributed by atoms with E-state index in [1.807, 2.05) is 6.92 Å². The lowest BCUT2D eigenvalue weighted by Gasteiger charge is -2.36. The zero-order valence-corrected chi connectivity index (χ0v) is 17.2. The number of piperazine rings is 1. The molecular weight excluding hydrogens is 354 g/mol. The number of hydrogen-bond acceptors (Lipinski definition) is 5. The third kappa shape index (κ3) is 4.12. The predicted molar refractivity (Wildman–Crippen MR) is 110 cm³/mol. The van der Waals surface area contributed by atoms with Crippen LogP contribution in [0.3, 0.4) is 0 Å². The molecule has 0 atom stereocenters. The van der Waals surface area contributed by atoms with Gasteiger partial charge in [-0.3, -0.25) is 9.69 Å². The fraction of sp³-hybridized carbons (Fsp3) is 0.455. The summed E-state index contributed by atoms with van der Waals surface area (Å²) in [4.78, 5) is 33.0. The summed E-state index contributed by atoms with van der Waals surface area (Å²) in [6.07, 6.45) is 0. The molecule has 1 saturated heterocycles. The zero-order valence-electron chi connectivity index (χ0n) is 17.2. The Hall–Kier alpha value is -2.60. The standard InChI is InChI=1S/C22H29N3O3/c1-5-28-22(27)21-17(4)23-16(3)20(21)19(26)14-24-10-12-25(13-11-24)18-9-7-6-8-15(18)2/h6-9,23H,5,10-14H2,1-4H3. The van der Waals surface area contributed by atoms with Crippen LogP contribution in [0.4, 0.5) is 5.69 Å². The van der Waals surface area contributed by atoms with Crippen LogP contribution in [0, 0.1) is 20.8 Å². The van der Waals surface area contributed by atoms with Gasteiger partial charge < -0.3 is 14.6 Å². The third-order valence-corrected chi connectivity index (χ3v) is 5.33. The second-order valence-electron chi connectivity index (χ2n) is 7.32. The number of Topliss-reactive ketones (excluding diaryl/α,β-unsaturated/α-hetero) is 1. The van der Waals surface area contributed by atoms with Crippen molar-refractivity contribution in [2.75, 3.05) is 44.2 Å².